The second kappa shape index (κ2) is 9.00. The van der Waals surface area contributed by atoms with E-state index in [1.807, 2.05) is 36.6 Å². The van der Waals surface area contributed by atoms with Crippen LogP contribution in [0, 0.1) is 6.92 Å². The summed E-state index contributed by atoms with van der Waals surface area (Å²) < 4.78 is 6.40. The summed E-state index contributed by atoms with van der Waals surface area (Å²) in [6, 6.07) is 7.97. The van der Waals surface area contributed by atoms with E-state index in [1.165, 1.54) is 22.2 Å². The number of ether oxygens (including phenoxy) is 1. The summed E-state index contributed by atoms with van der Waals surface area (Å²) in [7, 11) is 0. The molecule has 0 saturated heterocycles. The molecule has 7 nitrogen and oxygen atoms in total. The molecule has 0 fully saturated rings. The molecule has 8 heteroatoms. The van der Waals surface area contributed by atoms with E-state index in [2.05, 4.69) is 10.3 Å². The molecule has 1 N–H and O–H groups in total. The number of esters is 1. The van der Waals surface area contributed by atoms with Crippen molar-refractivity contribution >= 4 is 33.4 Å². The van der Waals surface area contributed by atoms with E-state index >= 15 is 0 Å². The van der Waals surface area contributed by atoms with Crippen LogP contribution in [0.15, 0.2) is 40.8 Å². The summed E-state index contributed by atoms with van der Waals surface area (Å²) in [4.78, 5) is 41.5. The molecule has 0 saturated carbocycles. The highest BCUT2D eigenvalue weighted by Crippen LogP contribution is 2.30. The van der Waals surface area contributed by atoms with Gasteiger partial charge in [-0.25, -0.2) is 4.98 Å². The van der Waals surface area contributed by atoms with Crippen molar-refractivity contribution < 1.29 is 14.3 Å². The average Bonchev–Trinajstić information content (AvgIpc) is 3.11. The molecule has 0 aliphatic heterocycles. The van der Waals surface area contributed by atoms with Gasteiger partial charge in [-0.05, 0) is 26.3 Å². The number of carbonyl (C=O) groups excluding carboxylic acids is 2. The van der Waals surface area contributed by atoms with E-state index in [0.29, 0.717) is 10.2 Å². The number of fused-ring (bicyclic) bond motifs is 1. The van der Waals surface area contributed by atoms with Gasteiger partial charge in [0.1, 0.15) is 11.4 Å². The SMILES string of the molecule is Cc1ccc(-c2csc3ncn(CCC(=O)NCC(=O)OC(C)C)c(=O)c23)cc1. The molecular weight excluding hydrogens is 390 g/mol. The van der Waals surface area contributed by atoms with Gasteiger partial charge in [-0.1, -0.05) is 29.8 Å². The normalized spacial score (nSPS) is 11.0. The van der Waals surface area contributed by atoms with Crippen molar-refractivity contribution in [2.45, 2.75) is 39.8 Å². The van der Waals surface area contributed by atoms with Gasteiger partial charge in [0.05, 0.1) is 17.8 Å². The molecule has 2 aromatic heterocycles. The van der Waals surface area contributed by atoms with Crippen LogP contribution in [-0.4, -0.2) is 34.1 Å². The molecule has 2 heterocycles. The summed E-state index contributed by atoms with van der Waals surface area (Å²) >= 11 is 1.42. The minimum atomic E-state index is -0.491. The van der Waals surface area contributed by atoms with Crippen molar-refractivity contribution in [2.24, 2.45) is 0 Å². The van der Waals surface area contributed by atoms with Crippen LogP contribution in [-0.2, 0) is 20.9 Å². The summed E-state index contributed by atoms with van der Waals surface area (Å²) in [5.41, 5.74) is 2.77. The molecule has 1 aromatic carbocycles. The molecule has 0 aliphatic carbocycles. The van der Waals surface area contributed by atoms with Crippen LogP contribution in [0.1, 0.15) is 25.8 Å². The molecule has 3 aromatic rings. The van der Waals surface area contributed by atoms with Gasteiger partial charge >= 0.3 is 5.97 Å². The third-order valence-corrected chi connectivity index (χ3v) is 5.19. The number of amides is 1. The Hall–Kier alpha value is -3.00. The second-order valence-electron chi connectivity index (χ2n) is 7.00. The van der Waals surface area contributed by atoms with Gasteiger partial charge in [0, 0.05) is 23.9 Å². The van der Waals surface area contributed by atoms with Crippen molar-refractivity contribution in [1.29, 1.82) is 0 Å². The van der Waals surface area contributed by atoms with Crippen molar-refractivity contribution in [3.05, 3.63) is 51.9 Å². The van der Waals surface area contributed by atoms with Gasteiger partial charge in [0.2, 0.25) is 5.91 Å². The summed E-state index contributed by atoms with van der Waals surface area (Å²) in [6.45, 7) is 5.48. The second-order valence-corrected chi connectivity index (χ2v) is 7.86. The fourth-order valence-electron chi connectivity index (χ4n) is 2.86. The number of aryl methyl sites for hydroxylation is 2. The summed E-state index contributed by atoms with van der Waals surface area (Å²) in [5.74, 6) is -0.823. The molecule has 0 atom stereocenters. The van der Waals surface area contributed by atoms with Crippen LogP contribution in [0.2, 0.25) is 0 Å². The number of thiophene rings is 1. The minimum absolute atomic E-state index is 0.0616. The molecule has 3 rings (SSSR count). The molecule has 0 unspecified atom stereocenters. The monoisotopic (exact) mass is 413 g/mol. The zero-order valence-electron chi connectivity index (χ0n) is 16.6. The van der Waals surface area contributed by atoms with Crippen LogP contribution in [0.4, 0.5) is 0 Å². The lowest BCUT2D eigenvalue weighted by atomic mass is 10.1. The fourth-order valence-corrected chi connectivity index (χ4v) is 3.76. The minimum Gasteiger partial charge on any atom is -0.462 e. The predicted molar refractivity (Wildman–Crippen MR) is 113 cm³/mol. The quantitative estimate of drug-likeness (QED) is 0.602. The van der Waals surface area contributed by atoms with Crippen LogP contribution >= 0.6 is 11.3 Å². The third kappa shape index (κ3) is 5.08. The molecular formula is C21H23N3O4S. The molecule has 0 bridgehead atoms. The maximum absolute atomic E-state index is 13.0. The number of rotatable bonds is 7. The Morgan fingerprint density at radius 2 is 1.97 bits per heavy atom. The van der Waals surface area contributed by atoms with Crippen LogP contribution in [0.5, 0.6) is 0 Å². The zero-order valence-corrected chi connectivity index (χ0v) is 17.4. The molecule has 1 amide bonds. The van der Waals surface area contributed by atoms with Crippen molar-refractivity contribution in [3.63, 3.8) is 0 Å². The van der Waals surface area contributed by atoms with Crippen molar-refractivity contribution in [3.8, 4) is 11.1 Å². The molecule has 0 aliphatic rings. The average molecular weight is 413 g/mol. The van der Waals surface area contributed by atoms with E-state index in [4.69, 9.17) is 4.74 Å². The highest BCUT2D eigenvalue weighted by Gasteiger charge is 2.14. The molecule has 29 heavy (non-hydrogen) atoms. The zero-order chi connectivity index (χ0) is 21.0. The van der Waals surface area contributed by atoms with Crippen LogP contribution in [0.25, 0.3) is 21.3 Å². The summed E-state index contributed by atoms with van der Waals surface area (Å²) in [5, 5.41) is 4.99. The van der Waals surface area contributed by atoms with E-state index in [0.717, 1.165) is 16.7 Å². The van der Waals surface area contributed by atoms with Gasteiger partial charge in [-0.15, -0.1) is 11.3 Å². The van der Waals surface area contributed by atoms with E-state index in [9.17, 15) is 14.4 Å². The number of nitrogens with one attached hydrogen (secondary N) is 1. The Kier molecular flexibility index (Phi) is 6.43. The topological polar surface area (TPSA) is 90.3 Å². The third-order valence-electron chi connectivity index (χ3n) is 4.30. The standard InChI is InChI=1S/C21H23N3O4S/c1-13(2)28-18(26)10-22-17(25)8-9-24-12-23-20-19(21(24)27)16(11-29-20)15-6-4-14(3)5-7-15/h4-7,11-13H,8-10H2,1-3H3,(H,22,25). The number of hydrogen-bond acceptors (Lipinski definition) is 6. The highest BCUT2D eigenvalue weighted by atomic mass is 32.1. The molecule has 0 spiro atoms. The maximum atomic E-state index is 13.0. The molecule has 0 radical (unpaired) electrons. The van der Waals surface area contributed by atoms with Crippen LogP contribution < -0.4 is 10.9 Å². The van der Waals surface area contributed by atoms with Crippen molar-refractivity contribution in [1.82, 2.24) is 14.9 Å². The predicted octanol–water partition coefficient (Wildman–Crippen LogP) is 2.89. The lowest BCUT2D eigenvalue weighted by Gasteiger charge is -2.09. The van der Waals surface area contributed by atoms with E-state index in [-0.39, 0.29) is 37.1 Å². The van der Waals surface area contributed by atoms with Gasteiger partial charge in [0.15, 0.2) is 0 Å². The number of carbonyl (C=O) groups is 2. The van der Waals surface area contributed by atoms with Crippen molar-refractivity contribution in [2.75, 3.05) is 6.54 Å². The Morgan fingerprint density at radius 1 is 1.24 bits per heavy atom. The van der Waals surface area contributed by atoms with Gasteiger partial charge in [-0.3, -0.25) is 19.0 Å². The van der Waals surface area contributed by atoms with E-state index < -0.39 is 5.97 Å². The Labute approximate surface area is 172 Å². The number of benzene rings is 1. The Morgan fingerprint density at radius 3 is 2.66 bits per heavy atom. The Balaban J connectivity index is 1.72. The number of nitrogens with zero attached hydrogens (tertiary/aromatic N) is 2. The van der Waals surface area contributed by atoms with E-state index in [1.54, 1.807) is 13.8 Å². The fraction of sp³-hybridized carbons (Fsp3) is 0.333. The highest BCUT2D eigenvalue weighted by molar-refractivity contribution is 7.17. The van der Waals surface area contributed by atoms with Gasteiger partial charge in [-0.2, -0.15) is 0 Å². The largest absolute Gasteiger partial charge is 0.462 e. The molecule has 152 valence electrons. The maximum Gasteiger partial charge on any atom is 0.325 e. The van der Waals surface area contributed by atoms with Crippen LogP contribution in [0.3, 0.4) is 0 Å². The lowest BCUT2D eigenvalue weighted by molar-refractivity contribution is -0.147. The number of aromatic nitrogens is 2. The number of hydrogen-bond donors (Lipinski definition) is 1. The lowest BCUT2D eigenvalue weighted by Crippen LogP contribution is -2.33. The Bertz CT molecular complexity index is 1080. The first-order valence-corrected chi connectivity index (χ1v) is 10.2. The first-order chi connectivity index (χ1) is 13.8. The summed E-state index contributed by atoms with van der Waals surface area (Å²) in [6.07, 6.45) is 1.29. The van der Waals surface area contributed by atoms with Gasteiger partial charge < -0.3 is 10.1 Å². The van der Waals surface area contributed by atoms with Gasteiger partial charge in [0.25, 0.3) is 5.56 Å². The smallest absolute Gasteiger partial charge is 0.325 e. The first-order valence-electron chi connectivity index (χ1n) is 9.35. The first kappa shape index (κ1) is 20.7.